The third-order valence-corrected chi connectivity index (χ3v) is 13.4. The van der Waals surface area contributed by atoms with Gasteiger partial charge in [0.05, 0.1) is 29.2 Å². The molecule has 9 heteroatoms. The molecule has 0 aliphatic carbocycles. The van der Waals surface area contributed by atoms with Crippen LogP contribution >= 0.6 is 27.7 Å². The second-order valence-corrected chi connectivity index (χ2v) is 15.6. The molecule has 1 spiro atoms. The number of rotatable bonds is 11. The summed E-state index contributed by atoms with van der Waals surface area (Å²) in [6, 6.07) is 30.9. The average Bonchev–Trinajstić information content (AvgIpc) is 3.73. The van der Waals surface area contributed by atoms with E-state index in [-0.39, 0.29) is 47.5 Å². The first-order valence-electron chi connectivity index (χ1n) is 16.5. The molecule has 7 atom stereocenters. The minimum absolute atomic E-state index is 0.107. The van der Waals surface area contributed by atoms with Crippen molar-refractivity contribution in [1.29, 1.82) is 0 Å². The Balaban J connectivity index is 1.37. The highest BCUT2D eigenvalue weighted by atomic mass is 79.9. The molecule has 0 aromatic heterocycles. The van der Waals surface area contributed by atoms with Crippen molar-refractivity contribution in [2.75, 3.05) is 29.5 Å². The normalized spacial score (nSPS) is 26.0. The number of amides is 3. The lowest BCUT2D eigenvalue weighted by molar-refractivity contribution is -0.142. The van der Waals surface area contributed by atoms with Crippen LogP contribution in [0.1, 0.15) is 18.0 Å². The zero-order valence-electron chi connectivity index (χ0n) is 27.0. The first-order chi connectivity index (χ1) is 23.8. The SMILES string of the molecule is C=CCN(C(=O)C1N([C@H](CO)c2ccccc2)C(=O)[C@@H]2[C@H](C(=O)N(CC=C)c3ccccc3)[C@H]3SC12CC3Br)c1ccc2ccccc2c1. The number of nitrogens with zero attached hydrogens (tertiary/aromatic N) is 3. The van der Waals surface area contributed by atoms with E-state index in [0.29, 0.717) is 12.1 Å². The summed E-state index contributed by atoms with van der Waals surface area (Å²) in [6.45, 7) is 8.00. The zero-order valence-corrected chi connectivity index (χ0v) is 29.4. The molecule has 49 heavy (non-hydrogen) atoms. The van der Waals surface area contributed by atoms with Gasteiger partial charge in [0.25, 0.3) is 5.91 Å². The molecule has 7 rings (SSSR count). The van der Waals surface area contributed by atoms with Crippen LogP contribution < -0.4 is 9.80 Å². The molecule has 3 aliphatic rings. The Kier molecular flexibility index (Phi) is 9.26. The third-order valence-electron chi connectivity index (χ3n) is 10.2. The number of halogens is 1. The first-order valence-corrected chi connectivity index (χ1v) is 18.3. The van der Waals surface area contributed by atoms with Gasteiger partial charge in [-0.25, -0.2) is 0 Å². The van der Waals surface area contributed by atoms with E-state index in [4.69, 9.17) is 0 Å². The van der Waals surface area contributed by atoms with Crippen LogP contribution in [0, 0.1) is 11.8 Å². The Labute approximate surface area is 299 Å². The smallest absolute Gasteiger partial charge is 0.251 e. The lowest BCUT2D eigenvalue weighted by Gasteiger charge is -2.40. The molecule has 1 N–H and O–H groups in total. The standard InChI is InChI=1S/C40H38BrN3O4S/c1-3-21-42(29-17-9-6-10-18-29)37(46)33-34-38(47)44(32(25-45)27-14-7-5-8-15-27)36(40(34)24-31(41)35(33)49-40)39(48)43(22-4-2)30-20-19-26-13-11-12-16-28(26)23-30/h3-20,23,31-36,45H,1-2,21-22,24-25H2/t31?,32-,33+,34+,35+,36?,40?/m1/s1. The summed E-state index contributed by atoms with van der Waals surface area (Å²) in [4.78, 5) is 50.0. The van der Waals surface area contributed by atoms with E-state index in [2.05, 4.69) is 29.1 Å². The predicted molar refractivity (Wildman–Crippen MR) is 201 cm³/mol. The molecule has 2 bridgehead atoms. The fourth-order valence-corrected chi connectivity index (χ4v) is 11.8. The van der Waals surface area contributed by atoms with Crippen molar-refractivity contribution in [3.8, 4) is 0 Å². The summed E-state index contributed by atoms with van der Waals surface area (Å²) in [7, 11) is 0. The van der Waals surface area contributed by atoms with Gasteiger partial charge in [0.1, 0.15) is 6.04 Å². The number of aliphatic hydroxyl groups is 1. The highest BCUT2D eigenvalue weighted by molar-refractivity contribution is 9.09. The fraction of sp³-hybridized carbons (Fsp3) is 0.275. The van der Waals surface area contributed by atoms with Crippen molar-refractivity contribution < 1.29 is 19.5 Å². The van der Waals surface area contributed by atoms with Crippen LogP contribution in [-0.4, -0.2) is 68.3 Å². The van der Waals surface area contributed by atoms with Gasteiger partial charge in [0, 0.05) is 34.5 Å². The number of hydrogen-bond acceptors (Lipinski definition) is 5. The van der Waals surface area contributed by atoms with Crippen LogP contribution in [0.4, 0.5) is 11.4 Å². The molecule has 3 amide bonds. The Morgan fingerprint density at radius 2 is 1.49 bits per heavy atom. The van der Waals surface area contributed by atoms with Crippen LogP contribution in [-0.2, 0) is 14.4 Å². The molecule has 3 saturated heterocycles. The molecule has 3 unspecified atom stereocenters. The molecule has 7 nitrogen and oxygen atoms in total. The van der Waals surface area contributed by atoms with Gasteiger partial charge in [0.15, 0.2) is 0 Å². The summed E-state index contributed by atoms with van der Waals surface area (Å²) in [5.41, 5.74) is 2.14. The molecule has 3 fully saturated rings. The van der Waals surface area contributed by atoms with Gasteiger partial charge in [0.2, 0.25) is 11.8 Å². The maximum Gasteiger partial charge on any atom is 0.251 e. The first kappa shape index (κ1) is 33.3. The van der Waals surface area contributed by atoms with Gasteiger partial charge in [-0.3, -0.25) is 14.4 Å². The Morgan fingerprint density at radius 1 is 0.878 bits per heavy atom. The summed E-state index contributed by atoms with van der Waals surface area (Å²) in [6.07, 6.45) is 3.90. The second-order valence-electron chi connectivity index (χ2n) is 12.9. The van der Waals surface area contributed by atoms with Crippen LogP contribution in [0.25, 0.3) is 10.8 Å². The largest absolute Gasteiger partial charge is 0.394 e. The second kappa shape index (κ2) is 13.6. The topological polar surface area (TPSA) is 81.2 Å². The van der Waals surface area contributed by atoms with E-state index >= 15 is 9.59 Å². The van der Waals surface area contributed by atoms with E-state index in [0.717, 1.165) is 22.0 Å². The fourth-order valence-electron chi connectivity index (χ4n) is 8.18. The maximum atomic E-state index is 15.3. The summed E-state index contributed by atoms with van der Waals surface area (Å²) in [5, 5.41) is 12.8. The molecule has 250 valence electrons. The number of aliphatic hydroxyl groups excluding tert-OH is 1. The number of para-hydroxylation sites is 1. The van der Waals surface area contributed by atoms with E-state index < -0.39 is 28.7 Å². The van der Waals surface area contributed by atoms with E-state index in [1.165, 1.54) is 0 Å². The van der Waals surface area contributed by atoms with Gasteiger partial charge < -0.3 is 19.8 Å². The number of likely N-dealkylation sites (tertiary alicyclic amines) is 1. The highest BCUT2D eigenvalue weighted by Gasteiger charge is 2.76. The van der Waals surface area contributed by atoms with Crippen molar-refractivity contribution in [3.05, 3.63) is 134 Å². The van der Waals surface area contributed by atoms with E-state index in [9.17, 15) is 9.90 Å². The third kappa shape index (κ3) is 5.52. The molecule has 4 aromatic rings. The zero-order chi connectivity index (χ0) is 34.3. The number of thioether (sulfide) groups is 1. The molecule has 0 saturated carbocycles. The predicted octanol–water partition coefficient (Wildman–Crippen LogP) is 6.78. The minimum atomic E-state index is -0.953. The quantitative estimate of drug-likeness (QED) is 0.136. The molecular formula is C40H38BrN3O4S. The van der Waals surface area contributed by atoms with Crippen molar-refractivity contribution in [1.82, 2.24) is 4.90 Å². The lowest BCUT2D eigenvalue weighted by atomic mass is 9.70. The number of alkyl halides is 1. The lowest BCUT2D eigenvalue weighted by Crippen LogP contribution is -2.56. The number of carbonyl (C=O) groups excluding carboxylic acids is 3. The number of carbonyl (C=O) groups is 3. The van der Waals surface area contributed by atoms with Crippen LogP contribution in [0.15, 0.2) is 128 Å². The maximum absolute atomic E-state index is 15.3. The van der Waals surface area contributed by atoms with Crippen molar-refractivity contribution in [2.24, 2.45) is 11.8 Å². The van der Waals surface area contributed by atoms with Crippen molar-refractivity contribution in [2.45, 2.75) is 33.3 Å². The number of benzene rings is 4. The number of anilines is 2. The molecule has 3 heterocycles. The van der Waals surface area contributed by atoms with E-state index in [1.807, 2.05) is 103 Å². The average molecular weight is 737 g/mol. The van der Waals surface area contributed by atoms with Crippen molar-refractivity contribution in [3.63, 3.8) is 0 Å². The summed E-state index contributed by atoms with van der Waals surface area (Å²) < 4.78 is -0.914. The number of hydrogen-bond donors (Lipinski definition) is 1. The Hall–Kier alpha value is -4.18. The molecule has 0 radical (unpaired) electrons. The molecule has 3 aliphatic heterocycles. The molecule has 4 aromatic carbocycles. The van der Waals surface area contributed by atoms with Gasteiger partial charge in [-0.15, -0.1) is 24.9 Å². The highest BCUT2D eigenvalue weighted by Crippen LogP contribution is 2.69. The Bertz CT molecular complexity index is 1910. The summed E-state index contributed by atoms with van der Waals surface area (Å²) in [5.74, 6) is -2.17. The van der Waals surface area contributed by atoms with Crippen molar-refractivity contribution >= 4 is 67.6 Å². The van der Waals surface area contributed by atoms with Crippen LogP contribution in [0.3, 0.4) is 0 Å². The van der Waals surface area contributed by atoms with Gasteiger partial charge in [-0.05, 0) is 47.0 Å². The van der Waals surface area contributed by atoms with Crippen LogP contribution in [0.2, 0.25) is 0 Å². The number of fused-ring (bicyclic) bond motifs is 2. The van der Waals surface area contributed by atoms with Gasteiger partial charge in [-0.2, -0.15) is 0 Å². The van der Waals surface area contributed by atoms with Gasteiger partial charge >= 0.3 is 0 Å². The Morgan fingerprint density at radius 3 is 2.14 bits per heavy atom. The van der Waals surface area contributed by atoms with Gasteiger partial charge in [-0.1, -0.05) is 107 Å². The monoisotopic (exact) mass is 735 g/mol. The van der Waals surface area contributed by atoms with Crippen LogP contribution in [0.5, 0.6) is 0 Å². The minimum Gasteiger partial charge on any atom is -0.394 e. The van der Waals surface area contributed by atoms with E-state index in [1.54, 1.807) is 38.6 Å². The summed E-state index contributed by atoms with van der Waals surface area (Å²) >= 11 is 5.49. The molecular weight excluding hydrogens is 698 g/mol.